The standard InChI is InChI=1S/C14H11Cl2NO2/c1-8-4-12(2-3-13(8)18)17-14(19)9-5-10(15)7-11(16)6-9/h2-7,18H,1H3,(H,17,19). The average molecular weight is 296 g/mol. The highest BCUT2D eigenvalue weighted by atomic mass is 35.5. The number of benzene rings is 2. The van der Waals surface area contributed by atoms with Crippen molar-refractivity contribution in [2.24, 2.45) is 0 Å². The summed E-state index contributed by atoms with van der Waals surface area (Å²) in [7, 11) is 0. The smallest absolute Gasteiger partial charge is 0.255 e. The van der Waals surface area contributed by atoms with E-state index in [0.717, 1.165) is 0 Å². The Kier molecular flexibility index (Phi) is 3.98. The molecule has 19 heavy (non-hydrogen) atoms. The first-order valence-corrected chi connectivity index (χ1v) is 6.28. The van der Waals surface area contributed by atoms with E-state index in [0.29, 0.717) is 26.9 Å². The highest BCUT2D eigenvalue weighted by molar-refractivity contribution is 6.35. The summed E-state index contributed by atoms with van der Waals surface area (Å²) in [5, 5.41) is 12.9. The van der Waals surface area contributed by atoms with Gasteiger partial charge in [0.2, 0.25) is 0 Å². The lowest BCUT2D eigenvalue weighted by atomic mass is 10.1. The second-order valence-electron chi connectivity index (χ2n) is 4.11. The van der Waals surface area contributed by atoms with Crippen LogP contribution in [0.5, 0.6) is 5.75 Å². The fourth-order valence-corrected chi connectivity index (χ4v) is 2.15. The maximum atomic E-state index is 12.0. The van der Waals surface area contributed by atoms with Crippen LogP contribution in [-0.2, 0) is 0 Å². The minimum absolute atomic E-state index is 0.184. The Morgan fingerprint density at radius 2 is 1.74 bits per heavy atom. The summed E-state index contributed by atoms with van der Waals surface area (Å²) in [5.41, 5.74) is 1.65. The first kappa shape index (κ1) is 13.7. The van der Waals surface area contributed by atoms with Gasteiger partial charge in [0.25, 0.3) is 5.91 Å². The number of aromatic hydroxyl groups is 1. The van der Waals surface area contributed by atoms with Gasteiger partial charge < -0.3 is 10.4 Å². The molecule has 0 aliphatic rings. The molecular formula is C14H11Cl2NO2. The quantitative estimate of drug-likeness (QED) is 0.813. The van der Waals surface area contributed by atoms with Crippen LogP contribution in [-0.4, -0.2) is 11.0 Å². The van der Waals surface area contributed by atoms with Gasteiger partial charge in [0, 0.05) is 21.3 Å². The SMILES string of the molecule is Cc1cc(NC(=O)c2cc(Cl)cc(Cl)c2)ccc1O. The van der Waals surface area contributed by atoms with E-state index in [2.05, 4.69) is 5.32 Å². The third-order valence-electron chi connectivity index (χ3n) is 2.58. The molecule has 0 atom stereocenters. The van der Waals surface area contributed by atoms with Gasteiger partial charge in [0.1, 0.15) is 5.75 Å². The molecule has 0 fully saturated rings. The summed E-state index contributed by atoms with van der Waals surface area (Å²) >= 11 is 11.7. The van der Waals surface area contributed by atoms with E-state index in [1.54, 1.807) is 25.1 Å². The summed E-state index contributed by atoms with van der Waals surface area (Å²) in [5.74, 6) is -0.127. The Labute approximate surface area is 120 Å². The molecule has 0 aromatic heterocycles. The molecule has 2 aromatic rings. The number of phenols is 1. The second-order valence-corrected chi connectivity index (χ2v) is 4.99. The van der Waals surface area contributed by atoms with Gasteiger partial charge in [-0.3, -0.25) is 4.79 Å². The molecule has 0 radical (unpaired) electrons. The topological polar surface area (TPSA) is 49.3 Å². The van der Waals surface area contributed by atoms with Crippen molar-refractivity contribution in [1.29, 1.82) is 0 Å². The zero-order valence-corrected chi connectivity index (χ0v) is 11.6. The molecule has 2 aromatic carbocycles. The first-order valence-electron chi connectivity index (χ1n) is 5.53. The number of nitrogens with one attached hydrogen (secondary N) is 1. The van der Waals surface area contributed by atoms with Crippen LogP contribution in [0.3, 0.4) is 0 Å². The normalized spacial score (nSPS) is 10.3. The van der Waals surface area contributed by atoms with Crippen molar-refractivity contribution >= 4 is 34.8 Å². The van der Waals surface area contributed by atoms with Gasteiger partial charge in [-0.2, -0.15) is 0 Å². The van der Waals surface area contributed by atoms with E-state index < -0.39 is 0 Å². The largest absolute Gasteiger partial charge is 0.508 e. The van der Waals surface area contributed by atoms with Crippen LogP contribution in [0.4, 0.5) is 5.69 Å². The lowest BCUT2D eigenvalue weighted by Crippen LogP contribution is -2.11. The number of amides is 1. The molecule has 0 bridgehead atoms. The number of carbonyl (C=O) groups excluding carboxylic acids is 1. The number of rotatable bonds is 2. The monoisotopic (exact) mass is 295 g/mol. The van der Waals surface area contributed by atoms with E-state index in [1.165, 1.54) is 18.2 Å². The Balaban J connectivity index is 2.22. The molecule has 3 nitrogen and oxygen atoms in total. The van der Waals surface area contributed by atoms with Crippen molar-refractivity contribution in [2.45, 2.75) is 6.92 Å². The number of hydrogen-bond donors (Lipinski definition) is 2. The summed E-state index contributed by atoms with van der Waals surface area (Å²) < 4.78 is 0. The Hall–Kier alpha value is -1.71. The van der Waals surface area contributed by atoms with Crippen molar-refractivity contribution in [3.63, 3.8) is 0 Å². The van der Waals surface area contributed by atoms with Crippen LogP contribution in [0.15, 0.2) is 36.4 Å². The highest BCUT2D eigenvalue weighted by Gasteiger charge is 2.09. The summed E-state index contributed by atoms with van der Waals surface area (Å²) in [6, 6.07) is 9.46. The fourth-order valence-electron chi connectivity index (χ4n) is 1.62. The van der Waals surface area contributed by atoms with Crippen LogP contribution < -0.4 is 5.32 Å². The maximum absolute atomic E-state index is 12.0. The molecule has 0 saturated heterocycles. The van der Waals surface area contributed by atoms with Crippen LogP contribution >= 0.6 is 23.2 Å². The third kappa shape index (κ3) is 3.40. The summed E-state index contributed by atoms with van der Waals surface area (Å²) in [4.78, 5) is 12.0. The third-order valence-corrected chi connectivity index (χ3v) is 3.02. The van der Waals surface area contributed by atoms with E-state index in [-0.39, 0.29) is 11.7 Å². The molecule has 0 saturated carbocycles. The number of phenolic OH excluding ortho intramolecular Hbond substituents is 1. The van der Waals surface area contributed by atoms with Gasteiger partial charge in [-0.25, -0.2) is 0 Å². The molecule has 98 valence electrons. The maximum Gasteiger partial charge on any atom is 0.255 e. The molecule has 0 aliphatic carbocycles. The molecule has 0 unspecified atom stereocenters. The molecule has 0 aliphatic heterocycles. The van der Waals surface area contributed by atoms with Crippen molar-refractivity contribution in [2.75, 3.05) is 5.32 Å². The predicted octanol–water partition coefficient (Wildman–Crippen LogP) is 4.26. The van der Waals surface area contributed by atoms with Gasteiger partial charge in [-0.15, -0.1) is 0 Å². The number of carbonyl (C=O) groups is 1. The number of halogens is 2. The number of aryl methyl sites for hydroxylation is 1. The van der Waals surface area contributed by atoms with Crippen molar-refractivity contribution in [3.05, 3.63) is 57.6 Å². The number of hydrogen-bond acceptors (Lipinski definition) is 2. The van der Waals surface area contributed by atoms with E-state index >= 15 is 0 Å². The van der Waals surface area contributed by atoms with Gasteiger partial charge >= 0.3 is 0 Å². The zero-order chi connectivity index (χ0) is 14.0. The van der Waals surface area contributed by atoms with Crippen LogP contribution in [0.2, 0.25) is 10.0 Å². The molecular weight excluding hydrogens is 285 g/mol. The van der Waals surface area contributed by atoms with Crippen molar-refractivity contribution < 1.29 is 9.90 Å². The highest BCUT2D eigenvalue weighted by Crippen LogP contribution is 2.22. The molecule has 0 heterocycles. The van der Waals surface area contributed by atoms with Gasteiger partial charge in [0.05, 0.1) is 0 Å². The van der Waals surface area contributed by atoms with Crippen LogP contribution in [0.25, 0.3) is 0 Å². The van der Waals surface area contributed by atoms with E-state index in [9.17, 15) is 9.90 Å². The average Bonchev–Trinajstić information content (AvgIpc) is 2.32. The molecule has 0 spiro atoms. The van der Waals surface area contributed by atoms with E-state index in [4.69, 9.17) is 23.2 Å². The molecule has 2 rings (SSSR count). The minimum atomic E-state index is -0.311. The molecule has 2 N–H and O–H groups in total. The Morgan fingerprint density at radius 3 is 2.32 bits per heavy atom. The van der Waals surface area contributed by atoms with Crippen LogP contribution in [0.1, 0.15) is 15.9 Å². The minimum Gasteiger partial charge on any atom is -0.508 e. The van der Waals surface area contributed by atoms with Gasteiger partial charge in [-0.05, 0) is 48.9 Å². The lowest BCUT2D eigenvalue weighted by Gasteiger charge is -2.07. The Bertz CT molecular complexity index is 621. The second kappa shape index (κ2) is 5.51. The van der Waals surface area contributed by atoms with Crippen molar-refractivity contribution in [3.8, 4) is 5.75 Å². The Morgan fingerprint density at radius 1 is 1.11 bits per heavy atom. The van der Waals surface area contributed by atoms with Gasteiger partial charge in [-0.1, -0.05) is 23.2 Å². The van der Waals surface area contributed by atoms with Gasteiger partial charge in [0.15, 0.2) is 0 Å². The molecule has 5 heteroatoms. The van der Waals surface area contributed by atoms with Crippen LogP contribution in [0, 0.1) is 6.92 Å². The summed E-state index contributed by atoms with van der Waals surface area (Å²) in [6.07, 6.45) is 0. The zero-order valence-electron chi connectivity index (χ0n) is 10.1. The predicted molar refractivity (Wildman–Crippen MR) is 77.3 cm³/mol. The molecule has 1 amide bonds. The van der Waals surface area contributed by atoms with E-state index in [1.807, 2.05) is 0 Å². The van der Waals surface area contributed by atoms with Crippen molar-refractivity contribution in [1.82, 2.24) is 0 Å². The number of anilines is 1. The lowest BCUT2D eigenvalue weighted by molar-refractivity contribution is 0.102. The first-order chi connectivity index (χ1) is 8.95. The summed E-state index contributed by atoms with van der Waals surface area (Å²) in [6.45, 7) is 1.75. The fraction of sp³-hybridized carbons (Fsp3) is 0.0714.